The molecule has 23 heavy (non-hydrogen) atoms. The second-order valence-electron chi connectivity index (χ2n) is 5.78. The Morgan fingerprint density at radius 2 is 2.26 bits per heavy atom. The Balaban J connectivity index is 2.03. The highest BCUT2D eigenvalue weighted by molar-refractivity contribution is 5.88. The third-order valence-corrected chi connectivity index (χ3v) is 3.97. The summed E-state index contributed by atoms with van der Waals surface area (Å²) in [6.07, 6.45) is 2.56. The summed E-state index contributed by atoms with van der Waals surface area (Å²) >= 11 is 0. The lowest BCUT2D eigenvalue weighted by molar-refractivity contribution is 0.0379. The zero-order valence-electron chi connectivity index (χ0n) is 14.2. The van der Waals surface area contributed by atoms with Crippen LogP contribution < -0.4 is 10.6 Å². The van der Waals surface area contributed by atoms with Crippen molar-refractivity contribution in [1.29, 1.82) is 0 Å². The van der Waals surface area contributed by atoms with E-state index in [4.69, 9.17) is 19.6 Å². The molecule has 1 aromatic heterocycles. The van der Waals surface area contributed by atoms with Crippen molar-refractivity contribution in [2.24, 2.45) is 5.73 Å². The van der Waals surface area contributed by atoms with Crippen LogP contribution in [0.15, 0.2) is 4.42 Å². The molecule has 2 unspecified atom stereocenters. The van der Waals surface area contributed by atoms with E-state index in [0.29, 0.717) is 31.5 Å². The van der Waals surface area contributed by atoms with Crippen molar-refractivity contribution in [2.45, 2.75) is 52.2 Å². The van der Waals surface area contributed by atoms with Crippen LogP contribution >= 0.6 is 0 Å². The number of hydrogen-bond acceptors (Lipinski definition) is 7. The Labute approximate surface area is 137 Å². The van der Waals surface area contributed by atoms with Gasteiger partial charge in [0.25, 0.3) is 6.01 Å². The van der Waals surface area contributed by atoms with E-state index in [1.165, 1.54) is 0 Å². The molecule has 0 radical (unpaired) electrons. The van der Waals surface area contributed by atoms with E-state index in [1.807, 2.05) is 18.7 Å². The van der Waals surface area contributed by atoms with Crippen LogP contribution in [0.25, 0.3) is 0 Å². The van der Waals surface area contributed by atoms with E-state index < -0.39 is 5.97 Å². The SMILES string of the molecule is CCCCOC(=O)c1nc(N2CCC(N)C(OCC)C2)oc1C. The predicted molar refractivity (Wildman–Crippen MR) is 86.6 cm³/mol. The highest BCUT2D eigenvalue weighted by Crippen LogP contribution is 2.23. The summed E-state index contributed by atoms with van der Waals surface area (Å²) in [5.41, 5.74) is 6.33. The monoisotopic (exact) mass is 325 g/mol. The molecule has 2 N–H and O–H groups in total. The van der Waals surface area contributed by atoms with E-state index in [-0.39, 0.29) is 17.8 Å². The Morgan fingerprint density at radius 1 is 1.48 bits per heavy atom. The maximum Gasteiger partial charge on any atom is 0.360 e. The fraction of sp³-hybridized carbons (Fsp3) is 0.750. The van der Waals surface area contributed by atoms with Crippen molar-refractivity contribution in [3.05, 3.63) is 11.5 Å². The van der Waals surface area contributed by atoms with Gasteiger partial charge in [-0.2, -0.15) is 4.98 Å². The second-order valence-corrected chi connectivity index (χ2v) is 5.78. The lowest BCUT2D eigenvalue weighted by Crippen LogP contribution is -2.52. The fourth-order valence-electron chi connectivity index (χ4n) is 2.58. The minimum absolute atomic E-state index is 0.0146. The fourth-order valence-corrected chi connectivity index (χ4v) is 2.58. The summed E-state index contributed by atoms with van der Waals surface area (Å²) < 4.78 is 16.5. The van der Waals surface area contributed by atoms with Crippen LogP contribution in [-0.4, -0.2) is 49.4 Å². The number of carbonyl (C=O) groups is 1. The molecule has 1 aromatic rings. The van der Waals surface area contributed by atoms with E-state index in [0.717, 1.165) is 25.8 Å². The summed E-state index contributed by atoms with van der Waals surface area (Å²) in [5.74, 6) is 0.0466. The zero-order chi connectivity index (χ0) is 16.8. The van der Waals surface area contributed by atoms with Gasteiger partial charge in [-0.15, -0.1) is 0 Å². The van der Waals surface area contributed by atoms with Crippen molar-refractivity contribution in [1.82, 2.24) is 4.98 Å². The Kier molecular flexibility index (Phi) is 6.41. The van der Waals surface area contributed by atoms with Gasteiger partial charge in [0.1, 0.15) is 5.76 Å². The van der Waals surface area contributed by atoms with Crippen LogP contribution in [-0.2, 0) is 9.47 Å². The number of nitrogens with two attached hydrogens (primary N) is 1. The molecule has 2 atom stereocenters. The highest BCUT2D eigenvalue weighted by Gasteiger charge is 2.30. The third-order valence-electron chi connectivity index (χ3n) is 3.97. The summed E-state index contributed by atoms with van der Waals surface area (Å²) in [4.78, 5) is 18.3. The molecule has 1 saturated heterocycles. The normalized spacial score (nSPS) is 21.5. The van der Waals surface area contributed by atoms with Gasteiger partial charge >= 0.3 is 5.97 Å². The minimum atomic E-state index is -0.430. The van der Waals surface area contributed by atoms with Gasteiger partial charge in [0, 0.05) is 19.2 Å². The molecule has 7 nitrogen and oxygen atoms in total. The van der Waals surface area contributed by atoms with Crippen LogP contribution in [0.4, 0.5) is 6.01 Å². The highest BCUT2D eigenvalue weighted by atomic mass is 16.5. The Morgan fingerprint density at radius 3 is 2.96 bits per heavy atom. The summed E-state index contributed by atoms with van der Waals surface area (Å²) in [6, 6.07) is 0.447. The molecular weight excluding hydrogens is 298 g/mol. The van der Waals surface area contributed by atoms with Crippen LogP contribution in [0.1, 0.15) is 49.4 Å². The van der Waals surface area contributed by atoms with Gasteiger partial charge in [-0.3, -0.25) is 0 Å². The van der Waals surface area contributed by atoms with Crippen LogP contribution in [0.3, 0.4) is 0 Å². The molecule has 1 aliphatic heterocycles. The first kappa shape index (κ1) is 17.7. The molecule has 130 valence electrons. The third kappa shape index (κ3) is 4.45. The molecule has 1 fully saturated rings. The number of hydrogen-bond donors (Lipinski definition) is 1. The molecule has 7 heteroatoms. The van der Waals surface area contributed by atoms with Gasteiger partial charge in [0.2, 0.25) is 0 Å². The Hall–Kier alpha value is -1.60. The summed E-state index contributed by atoms with van der Waals surface area (Å²) in [7, 11) is 0. The van der Waals surface area contributed by atoms with Gasteiger partial charge in [0.15, 0.2) is 5.69 Å². The van der Waals surface area contributed by atoms with E-state index in [9.17, 15) is 4.79 Å². The van der Waals surface area contributed by atoms with Crippen molar-refractivity contribution < 1.29 is 18.7 Å². The minimum Gasteiger partial charge on any atom is -0.461 e. The molecule has 0 amide bonds. The maximum absolute atomic E-state index is 12.0. The lowest BCUT2D eigenvalue weighted by atomic mass is 10.0. The summed E-state index contributed by atoms with van der Waals surface area (Å²) in [6.45, 7) is 8.08. The summed E-state index contributed by atoms with van der Waals surface area (Å²) in [5, 5.41) is 0. The molecule has 2 rings (SSSR count). The molecule has 1 aliphatic rings. The van der Waals surface area contributed by atoms with E-state index in [2.05, 4.69) is 4.98 Å². The number of esters is 1. The largest absolute Gasteiger partial charge is 0.461 e. The van der Waals surface area contributed by atoms with E-state index >= 15 is 0 Å². The number of oxazole rings is 1. The number of aryl methyl sites for hydroxylation is 1. The van der Waals surface area contributed by atoms with Crippen LogP contribution in [0, 0.1) is 6.92 Å². The first-order valence-electron chi connectivity index (χ1n) is 8.33. The number of piperidine rings is 1. The average Bonchev–Trinajstić information content (AvgIpc) is 2.92. The molecule has 2 heterocycles. The molecule has 0 aliphatic carbocycles. The second kappa shape index (κ2) is 8.31. The number of aromatic nitrogens is 1. The number of rotatable bonds is 7. The number of anilines is 1. The predicted octanol–water partition coefficient (Wildman–Crippen LogP) is 1.88. The van der Waals surface area contributed by atoms with Gasteiger partial charge < -0.3 is 24.5 Å². The zero-order valence-corrected chi connectivity index (χ0v) is 14.2. The topological polar surface area (TPSA) is 90.8 Å². The molecule has 0 saturated carbocycles. The molecule has 0 bridgehead atoms. The molecular formula is C16H27N3O4. The molecule has 0 spiro atoms. The number of unbranched alkanes of at least 4 members (excludes halogenated alkanes) is 1. The van der Waals surface area contributed by atoms with Gasteiger partial charge in [-0.1, -0.05) is 13.3 Å². The smallest absolute Gasteiger partial charge is 0.360 e. The van der Waals surface area contributed by atoms with Gasteiger partial charge in [0.05, 0.1) is 19.3 Å². The van der Waals surface area contributed by atoms with Crippen molar-refractivity contribution >= 4 is 12.0 Å². The van der Waals surface area contributed by atoms with Crippen LogP contribution in [0.5, 0.6) is 0 Å². The van der Waals surface area contributed by atoms with Crippen molar-refractivity contribution in [3.8, 4) is 0 Å². The quantitative estimate of drug-likeness (QED) is 0.604. The van der Waals surface area contributed by atoms with Gasteiger partial charge in [-0.05, 0) is 26.7 Å². The lowest BCUT2D eigenvalue weighted by Gasteiger charge is -2.35. The Bertz CT molecular complexity index is 517. The average molecular weight is 325 g/mol. The standard InChI is InChI=1S/C16H27N3O4/c1-4-6-9-22-15(20)14-11(3)23-16(18-14)19-8-7-12(17)13(10-19)21-5-2/h12-13H,4-10,17H2,1-3H3. The number of carbonyl (C=O) groups excluding carboxylic acids is 1. The van der Waals surface area contributed by atoms with Crippen molar-refractivity contribution in [2.75, 3.05) is 31.2 Å². The number of nitrogens with zero attached hydrogens (tertiary/aromatic N) is 2. The first-order valence-corrected chi connectivity index (χ1v) is 8.33. The maximum atomic E-state index is 12.0. The molecule has 0 aromatic carbocycles. The van der Waals surface area contributed by atoms with Crippen molar-refractivity contribution in [3.63, 3.8) is 0 Å². The van der Waals surface area contributed by atoms with Gasteiger partial charge in [-0.25, -0.2) is 4.79 Å². The first-order chi connectivity index (χ1) is 11.1. The number of ether oxygens (including phenoxy) is 2. The van der Waals surface area contributed by atoms with E-state index in [1.54, 1.807) is 6.92 Å². The van der Waals surface area contributed by atoms with Crippen LogP contribution in [0.2, 0.25) is 0 Å².